The summed E-state index contributed by atoms with van der Waals surface area (Å²) in [5, 5.41) is 2.68. The van der Waals surface area contributed by atoms with E-state index in [0.29, 0.717) is 18.7 Å². The van der Waals surface area contributed by atoms with Crippen LogP contribution in [0.15, 0.2) is 34.2 Å². The predicted molar refractivity (Wildman–Crippen MR) is 105 cm³/mol. The van der Waals surface area contributed by atoms with Crippen molar-refractivity contribution in [3.8, 4) is 0 Å². The van der Waals surface area contributed by atoms with Gasteiger partial charge in [0.05, 0.1) is 11.0 Å². The van der Waals surface area contributed by atoms with Crippen LogP contribution in [0.2, 0.25) is 0 Å². The van der Waals surface area contributed by atoms with Gasteiger partial charge in [0.25, 0.3) is 15.9 Å². The number of carbonyl (C=O) groups excluding carboxylic acids is 2. The lowest BCUT2D eigenvalue weighted by Gasteiger charge is -2.17. The monoisotopic (exact) mass is 423 g/mol. The molecule has 1 amide bonds. The maximum absolute atomic E-state index is 12.5. The van der Waals surface area contributed by atoms with Gasteiger partial charge in [-0.25, -0.2) is 13.2 Å². The van der Waals surface area contributed by atoms with Crippen molar-refractivity contribution in [2.24, 2.45) is 10.9 Å². The van der Waals surface area contributed by atoms with E-state index in [2.05, 4.69) is 15.0 Å². The molecule has 2 atom stereocenters. The summed E-state index contributed by atoms with van der Waals surface area (Å²) in [7, 11) is -3.70. The number of nitrogens with zero attached hydrogens (tertiary/aromatic N) is 1. The Morgan fingerprint density at radius 3 is 2.79 bits per heavy atom. The van der Waals surface area contributed by atoms with Crippen LogP contribution in [0.1, 0.15) is 32.3 Å². The number of esters is 1. The quantitative estimate of drug-likeness (QED) is 0.619. The van der Waals surface area contributed by atoms with Gasteiger partial charge in [0.2, 0.25) is 0 Å². The number of aliphatic imine (C=N–C) groups is 1. The van der Waals surface area contributed by atoms with E-state index in [0.717, 1.165) is 12.8 Å². The van der Waals surface area contributed by atoms with E-state index in [4.69, 9.17) is 9.47 Å². The number of ether oxygens (including phenoxy) is 2. The van der Waals surface area contributed by atoms with Crippen LogP contribution in [0.4, 0.5) is 0 Å². The van der Waals surface area contributed by atoms with Gasteiger partial charge in [0.15, 0.2) is 12.6 Å². The second kappa shape index (κ2) is 8.91. The van der Waals surface area contributed by atoms with Gasteiger partial charge in [-0.1, -0.05) is 26.0 Å². The van der Waals surface area contributed by atoms with Gasteiger partial charge in [-0.2, -0.15) is 0 Å². The Morgan fingerprint density at radius 1 is 1.34 bits per heavy atom. The molecule has 3 rings (SSSR count). The molecule has 2 aliphatic rings. The van der Waals surface area contributed by atoms with E-state index >= 15 is 0 Å². The van der Waals surface area contributed by atoms with Gasteiger partial charge >= 0.3 is 5.97 Å². The van der Waals surface area contributed by atoms with Crippen molar-refractivity contribution in [2.75, 3.05) is 19.8 Å². The summed E-state index contributed by atoms with van der Waals surface area (Å²) in [4.78, 5) is 28.8. The number of hydrogen-bond donors (Lipinski definition) is 2. The minimum atomic E-state index is -3.70. The molecule has 2 aliphatic heterocycles. The van der Waals surface area contributed by atoms with Crippen molar-refractivity contribution in [1.82, 2.24) is 10.0 Å². The second-order valence-corrected chi connectivity index (χ2v) is 8.97. The van der Waals surface area contributed by atoms with Crippen LogP contribution in [0, 0.1) is 5.92 Å². The molecule has 0 aromatic heterocycles. The molecule has 158 valence electrons. The molecule has 1 saturated heterocycles. The molecule has 0 radical (unpaired) electrons. The van der Waals surface area contributed by atoms with E-state index in [1.54, 1.807) is 32.0 Å². The number of fused-ring (bicyclic) bond motifs is 1. The van der Waals surface area contributed by atoms with Crippen LogP contribution in [-0.2, 0) is 29.1 Å². The number of benzene rings is 1. The molecule has 0 aliphatic carbocycles. The first-order chi connectivity index (χ1) is 13.8. The molecule has 10 heteroatoms. The van der Waals surface area contributed by atoms with E-state index in [9.17, 15) is 18.0 Å². The van der Waals surface area contributed by atoms with Crippen LogP contribution in [0.5, 0.6) is 0 Å². The van der Waals surface area contributed by atoms with Gasteiger partial charge in [-0.15, -0.1) is 0 Å². The highest BCUT2D eigenvalue weighted by Gasteiger charge is 2.33. The van der Waals surface area contributed by atoms with Gasteiger partial charge in [0.1, 0.15) is 5.84 Å². The Labute approximate surface area is 169 Å². The summed E-state index contributed by atoms with van der Waals surface area (Å²) in [5.74, 6) is -1.28. The molecule has 9 nitrogen and oxygen atoms in total. The summed E-state index contributed by atoms with van der Waals surface area (Å²) in [6.45, 7) is 4.18. The highest BCUT2D eigenvalue weighted by molar-refractivity contribution is 7.90. The van der Waals surface area contributed by atoms with Crippen LogP contribution in [-0.4, -0.2) is 58.0 Å². The fourth-order valence-corrected chi connectivity index (χ4v) is 4.39. The minimum absolute atomic E-state index is 0.0000720. The minimum Gasteiger partial charge on any atom is -0.454 e. The maximum atomic E-state index is 12.5. The molecule has 29 heavy (non-hydrogen) atoms. The molecule has 1 fully saturated rings. The topological polar surface area (TPSA) is 123 Å². The van der Waals surface area contributed by atoms with E-state index < -0.39 is 34.5 Å². The third-order valence-corrected chi connectivity index (χ3v) is 6.10. The van der Waals surface area contributed by atoms with Crippen molar-refractivity contribution in [3.63, 3.8) is 0 Å². The van der Waals surface area contributed by atoms with Crippen LogP contribution < -0.4 is 10.0 Å². The summed E-state index contributed by atoms with van der Waals surface area (Å²) in [6.07, 6.45) is 1.86. The van der Waals surface area contributed by atoms with E-state index in [-0.39, 0.29) is 22.8 Å². The SMILES string of the molecule is CC(C)[C@H](N=C1NS(=O)(=O)c2ccccc21)C(=O)OCC(=O)NC[C@@H]1CCCO1. The molecule has 0 spiro atoms. The van der Waals surface area contributed by atoms with Crippen LogP contribution >= 0.6 is 0 Å². The Hall–Kier alpha value is -2.46. The number of rotatable bonds is 7. The fraction of sp³-hybridized carbons (Fsp3) is 0.526. The van der Waals surface area contributed by atoms with Crippen molar-refractivity contribution < 1.29 is 27.5 Å². The van der Waals surface area contributed by atoms with Crippen LogP contribution in [0.3, 0.4) is 0 Å². The summed E-state index contributed by atoms with van der Waals surface area (Å²) >= 11 is 0. The number of nitrogens with one attached hydrogen (secondary N) is 2. The molecule has 0 saturated carbocycles. The molecule has 0 bridgehead atoms. The zero-order valence-electron chi connectivity index (χ0n) is 16.4. The fourth-order valence-electron chi connectivity index (χ4n) is 3.15. The number of amides is 1. The van der Waals surface area contributed by atoms with Crippen molar-refractivity contribution in [1.29, 1.82) is 0 Å². The predicted octanol–water partition coefficient (Wildman–Crippen LogP) is 0.588. The molecule has 1 aromatic carbocycles. The molecule has 2 heterocycles. The zero-order chi connectivity index (χ0) is 21.0. The first kappa shape index (κ1) is 21.3. The normalized spacial score (nSPS) is 22.2. The van der Waals surface area contributed by atoms with E-state index in [1.165, 1.54) is 6.07 Å². The van der Waals surface area contributed by atoms with Crippen molar-refractivity contribution >= 4 is 27.7 Å². The Kier molecular flexibility index (Phi) is 6.53. The van der Waals surface area contributed by atoms with Gasteiger partial charge in [-0.05, 0) is 30.9 Å². The summed E-state index contributed by atoms with van der Waals surface area (Å²) < 4.78 is 37.3. The molecule has 1 aromatic rings. The van der Waals surface area contributed by atoms with Crippen molar-refractivity contribution in [2.45, 2.75) is 43.7 Å². The number of hydrogen-bond acceptors (Lipinski definition) is 7. The first-order valence-corrected chi connectivity index (χ1v) is 11.0. The lowest BCUT2D eigenvalue weighted by molar-refractivity contribution is -0.150. The summed E-state index contributed by atoms with van der Waals surface area (Å²) in [5.41, 5.74) is 0.403. The first-order valence-electron chi connectivity index (χ1n) is 9.53. The van der Waals surface area contributed by atoms with E-state index in [1.807, 2.05) is 0 Å². The lowest BCUT2D eigenvalue weighted by Crippen LogP contribution is -2.37. The smallest absolute Gasteiger partial charge is 0.331 e. The Balaban J connectivity index is 1.63. The average Bonchev–Trinajstić information content (AvgIpc) is 3.29. The number of amidine groups is 1. The van der Waals surface area contributed by atoms with Crippen LogP contribution in [0.25, 0.3) is 0 Å². The van der Waals surface area contributed by atoms with Gasteiger partial charge in [-0.3, -0.25) is 14.5 Å². The Morgan fingerprint density at radius 2 is 2.10 bits per heavy atom. The highest BCUT2D eigenvalue weighted by atomic mass is 32.2. The Bertz CT molecular complexity index is 906. The molecular formula is C19H25N3O6S. The van der Waals surface area contributed by atoms with Crippen molar-refractivity contribution in [3.05, 3.63) is 29.8 Å². The zero-order valence-corrected chi connectivity index (χ0v) is 17.2. The lowest BCUT2D eigenvalue weighted by atomic mass is 10.1. The number of sulfonamides is 1. The molecule has 2 N–H and O–H groups in total. The third kappa shape index (κ3) is 5.13. The van der Waals surface area contributed by atoms with Gasteiger partial charge < -0.3 is 14.8 Å². The standard InChI is InChI=1S/C19H25N3O6S/c1-12(2)17(19(24)28-11-16(23)20-10-13-6-5-9-27-13)21-18-14-7-3-4-8-15(14)29(25,26)22-18/h3-4,7-8,12-13,17H,5-6,9-11H2,1-2H3,(H,20,23)(H,21,22)/t13-,17-/m0/s1. The second-order valence-electron chi connectivity index (χ2n) is 7.32. The highest BCUT2D eigenvalue weighted by Crippen LogP contribution is 2.23. The summed E-state index contributed by atoms with van der Waals surface area (Å²) in [6, 6.07) is 5.45. The maximum Gasteiger partial charge on any atom is 0.331 e. The largest absolute Gasteiger partial charge is 0.454 e. The molecule has 0 unspecified atom stereocenters. The molecular weight excluding hydrogens is 398 g/mol. The third-order valence-electron chi connectivity index (χ3n) is 4.70. The number of carbonyl (C=O) groups is 2. The average molecular weight is 423 g/mol. The van der Waals surface area contributed by atoms with Gasteiger partial charge in [0, 0.05) is 18.7 Å².